The fourth-order valence-electron chi connectivity index (χ4n) is 3.08. The van der Waals surface area contributed by atoms with Gasteiger partial charge in [-0.05, 0) is 74.0 Å². The molecule has 22 heavy (non-hydrogen) atoms. The summed E-state index contributed by atoms with van der Waals surface area (Å²) >= 11 is 1.70. The number of rotatable bonds is 7. The van der Waals surface area contributed by atoms with Crippen molar-refractivity contribution >= 4 is 17.4 Å². The number of thiophene rings is 1. The number of nitrogens with zero attached hydrogens (tertiary/aromatic N) is 1. The summed E-state index contributed by atoms with van der Waals surface area (Å²) in [5.74, 6) is 0.822. The van der Waals surface area contributed by atoms with E-state index in [4.69, 9.17) is 0 Å². The van der Waals surface area contributed by atoms with Crippen LogP contribution in [0.3, 0.4) is 0 Å². The van der Waals surface area contributed by atoms with E-state index in [2.05, 4.69) is 39.3 Å². The zero-order valence-electron chi connectivity index (χ0n) is 13.8. The third-order valence-corrected chi connectivity index (χ3v) is 4.91. The molecule has 0 aromatic carbocycles. The van der Waals surface area contributed by atoms with Crippen LogP contribution in [0.5, 0.6) is 0 Å². The second-order valence-corrected chi connectivity index (χ2v) is 7.32. The lowest BCUT2D eigenvalue weighted by atomic mass is 10.0. The molecule has 0 saturated carbocycles. The fourth-order valence-corrected chi connectivity index (χ4v) is 3.76. The Morgan fingerprint density at radius 3 is 3.14 bits per heavy atom. The van der Waals surface area contributed by atoms with Gasteiger partial charge in [0.1, 0.15) is 0 Å². The lowest BCUT2D eigenvalue weighted by molar-refractivity contribution is 0.181. The molecule has 1 saturated heterocycles. The van der Waals surface area contributed by atoms with Crippen LogP contribution in [0, 0.1) is 5.92 Å². The van der Waals surface area contributed by atoms with Crippen molar-refractivity contribution in [1.82, 2.24) is 15.5 Å². The van der Waals surface area contributed by atoms with Gasteiger partial charge in [0.25, 0.3) is 0 Å². The molecule has 1 aromatic rings. The van der Waals surface area contributed by atoms with E-state index in [1.807, 2.05) is 6.92 Å². The average molecular weight is 324 g/mol. The fraction of sp³-hybridized carbons (Fsp3) is 0.706. The minimum absolute atomic E-state index is 0.0465. The standard InChI is InChI=1S/C17H29N3OS/c1-14-5-3-8-20(12-14)9-4-7-18-17(21)19-15(2)11-16-6-10-22-13-16/h6,10,13-15H,3-5,7-9,11-12H2,1-2H3,(H2,18,19,21)/t14-,15+/m0/s1. The summed E-state index contributed by atoms with van der Waals surface area (Å²) in [6, 6.07) is 2.23. The largest absolute Gasteiger partial charge is 0.338 e. The molecule has 2 amide bonds. The third kappa shape index (κ3) is 6.36. The van der Waals surface area contributed by atoms with Gasteiger partial charge in [-0.25, -0.2) is 4.79 Å². The molecule has 2 atom stereocenters. The summed E-state index contributed by atoms with van der Waals surface area (Å²) in [6.07, 6.45) is 4.59. The molecule has 4 nitrogen and oxygen atoms in total. The minimum atomic E-state index is -0.0465. The summed E-state index contributed by atoms with van der Waals surface area (Å²) in [4.78, 5) is 14.4. The Morgan fingerprint density at radius 1 is 1.55 bits per heavy atom. The van der Waals surface area contributed by atoms with Gasteiger partial charge in [0, 0.05) is 19.1 Å². The first-order chi connectivity index (χ1) is 10.6. The van der Waals surface area contributed by atoms with Crippen molar-refractivity contribution in [2.75, 3.05) is 26.2 Å². The van der Waals surface area contributed by atoms with Gasteiger partial charge in [-0.3, -0.25) is 0 Å². The number of piperidine rings is 1. The highest BCUT2D eigenvalue weighted by Gasteiger charge is 2.15. The molecule has 0 aliphatic carbocycles. The zero-order valence-corrected chi connectivity index (χ0v) is 14.6. The Bertz CT molecular complexity index is 435. The lowest BCUT2D eigenvalue weighted by Crippen LogP contribution is -2.43. The van der Waals surface area contributed by atoms with Gasteiger partial charge in [-0.2, -0.15) is 11.3 Å². The van der Waals surface area contributed by atoms with Crippen LogP contribution in [0.2, 0.25) is 0 Å². The number of nitrogens with one attached hydrogen (secondary N) is 2. The number of carbonyl (C=O) groups is 1. The summed E-state index contributed by atoms with van der Waals surface area (Å²) in [5, 5.41) is 10.2. The number of hydrogen-bond donors (Lipinski definition) is 2. The maximum absolute atomic E-state index is 11.9. The molecule has 2 rings (SSSR count). The number of hydrogen-bond acceptors (Lipinski definition) is 3. The van der Waals surface area contributed by atoms with Crippen molar-refractivity contribution in [3.8, 4) is 0 Å². The van der Waals surface area contributed by atoms with Gasteiger partial charge >= 0.3 is 6.03 Å². The smallest absolute Gasteiger partial charge is 0.315 e. The van der Waals surface area contributed by atoms with E-state index in [1.54, 1.807) is 11.3 Å². The summed E-state index contributed by atoms with van der Waals surface area (Å²) in [7, 11) is 0. The highest BCUT2D eigenvalue weighted by Crippen LogP contribution is 2.15. The van der Waals surface area contributed by atoms with Crippen LogP contribution in [0.4, 0.5) is 4.79 Å². The monoisotopic (exact) mass is 323 g/mol. The number of amides is 2. The maximum Gasteiger partial charge on any atom is 0.315 e. The van der Waals surface area contributed by atoms with E-state index < -0.39 is 0 Å². The van der Waals surface area contributed by atoms with Crippen LogP contribution in [-0.4, -0.2) is 43.2 Å². The van der Waals surface area contributed by atoms with Gasteiger partial charge < -0.3 is 15.5 Å². The maximum atomic E-state index is 11.9. The molecule has 5 heteroatoms. The number of likely N-dealkylation sites (tertiary alicyclic amines) is 1. The molecule has 1 aliphatic heterocycles. The van der Waals surface area contributed by atoms with Crippen molar-refractivity contribution < 1.29 is 4.79 Å². The number of urea groups is 1. The minimum Gasteiger partial charge on any atom is -0.338 e. The molecule has 2 N–H and O–H groups in total. The molecular formula is C17H29N3OS. The molecule has 0 spiro atoms. The van der Waals surface area contributed by atoms with E-state index in [9.17, 15) is 4.79 Å². The summed E-state index contributed by atoms with van der Waals surface area (Å²) in [5.41, 5.74) is 1.29. The van der Waals surface area contributed by atoms with Gasteiger partial charge in [-0.15, -0.1) is 0 Å². The predicted octanol–water partition coefficient (Wildman–Crippen LogP) is 3.10. The van der Waals surface area contributed by atoms with Crippen molar-refractivity contribution in [2.45, 2.75) is 45.6 Å². The topological polar surface area (TPSA) is 44.4 Å². The zero-order chi connectivity index (χ0) is 15.8. The van der Waals surface area contributed by atoms with E-state index in [0.29, 0.717) is 0 Å². The van der Waals surface area contributed by atoms with Crippen molar-refractivity contribution in [2.24, 2.45) is 5.92 Å². The van der Waals surface area contributed by atoms with Crippen molar-refractivity contribution in [3.05, 3.63) is 22.4 Å². The summed E-state index contributed by atoms with van der Waals surface area (Å²) in [6.45, 7) is 8.65. The molecule has 1 aromatic heterocycles. The van der Waals surface area contributed by atoms with E-state index >= 15 is 0 Å². The first-order valence-electron chi connectivity index (χ1n) is 8.41. The first-order valence-corrected chi connectivity index (χ1v) is 9.35. The van der Waals surface area contributed by atoms with Crippen molar-refractivity contribution in [3.63, 3.8) is 0 Å². The van der Waals surface area contributed by atoms with Crippen LogP contribution in [0.15, 0.2) is 16.8 Å². The Hall–Kier alpha value is -1.07. The van der Waals surface area contributed by atoms with Crippen LogP contribution < -0.4 is 10.6 Å². The van der Waals surface area contributed by atoms with Crippen LogP contribution in [0.1, 0.15) is 38.7 Å². The molecular weight excluding hydrogens is 294 g/mol. The van der Waals surface area contributed by atoms with Gasteiger partial charge in [-0.1, -0.05) is 6.92 Å². The quantitative estimate of drug-likeness (QED) is 0.757. The van der Waals surface area contributed by atoms with Crippen LogP contribution >= 0.6 is 11.3 Å². The van der Waals surface area contributed by atoms with Crippen LogP contribution in [0.25, 0.3) is 0 Å². The summed E-state index contributed by atoms with van der Waals surface area (Å²) < 4.78 is 0. The second kappa shape index (κ2) is 9.16. The highest BCUT2D eigenvalue weighted by molar-refractivity contribution is 7.07. The molecule has 0 radical (unpaired) electrons. The average Bonchev–Trinajstić information content (AvgIpc) is 2.96. The normalized spacial score (nSPS) is 20.5. The number of carbonyl (C=O) groups excluding carboxylic acids is 1. The molecule has 0 bridgehead atoms. The Labute approximate surface area is 138 Å². The van der Waals surface area contributed by atoms with E-state index in [0.717, 1.165) is 31.8 Å². The lowest BCUT2D eigenvalue weighted by Gasteiger charge is -2.30. The molecule has 1 fully saturated rings. The third-order valence-electron chi connectivity index (χ3n) is 4.18. The van der Waals surface area contributed by atoms with E-state index in [1.165, 1.54) is 31.5 Å². The van der Waals surface area contributed by atoms with Crippen molar-refractivity contribution in [1.29, 1.82) is 0 Å². The van der Waals surface area contributed by atoms with Gasteiger partial charge in [0.15, 0.2) is 0 Å². The van der Waals surface area contributed by atoms with E-state index in [-0.39, 0.29) is 12.1 Å². The first kappa shape index (κ1) is 17.3. The molecule has 1 aliphatic rings. The SMILES string of the molecule is C[C@H]1CCCN(CCCNC(=O)N[C@H](C)Cc2ccsc2)C1. The highest BCUT2D eigenvalue weighted by atomic mass is 32.1. The molecule has 0 unspecified atom stereocenters. The van der Waals surface area contributed by atoms with Crippen LogP contribution in [-0.2, 0) is 6.42 Å². The van der Waals surface area contributed by atoms with Gasteiger partial charge in [0.05, 0.1) is 0 Å². The Balaban J connectivity index is 1.53. The Morgan fingerprint density at radius 2 is 2.41 bits per heavy atom. The Kier molecular flexibility index (Phi) is 7.19. The predicted molar refractivity (Wildman–Crippen MR) is 93.5 cm³/mol. The molecule has 2 heterocycles. The van der Waals surface area contributed by atoms with Gasteiger partial charge in [0.2, 0.25) is 0 Å². The second-order valence-electron chi connectivity index (χ2n) is 6.54. The molecule has 124 valence electrons.